The highest BCUT2D eigenvalue weighted by atomic mass is 35.5. The normalized spacial score (nSPS) is 10.8. The van der Waals surface area contributed by atoms with Gasteiger partial charge in [-0.1, -0.05) is 11.6 Å². The third-order valence-corrected chi connectivity index (χ3v) is 3.21. The number of carbonyl (C=O) groups excluding carboxylic acids is 1. The summed E-state index contributed by atoms with van der Waals surface area (Å²) in [6.45, 7) is 1.07. The van der Waals surface area contributed by atoms with Crippen LogP contribution in [-0.2, 0) is 16.0 Å². The molecule has 0 bridgehead atoms. The van der Waals surface area contributed by atoms with Crippen molar-refractivity contribution in [1.82, 2.24) is 10.3 Å². The van der Waals surface area contributed by atoms with Crippen LogP contribution in [-0.4, -0.2) is 31.2 Å². The van der Waals surface area contributed by atoms with E-state index in [-0.39, 0.29) is 5.91 Å². The molecule has 1 aromatic heterocycles. The maximum atomic E-state index is 11.4. The van der Waals surface area contributed by atoms with Gasteiger partial charge < -0.3 is 15.0 Å². The number of nitrogens with one attached hydrogen (secondary N) is 2. The first-order chi connectivity index (χ1) is 9.20. The minimum atomic E-state index is 0.0136. The van der Waals surface area contributed by atoms with E-state index in [9.17, 15) is 4.79 Å². The highest BCUT2D eigenvalue weighted by molar-refractivity contribution is 6.31. The van der Waals surface area contributed by atoms with Gasteiger partial charge in [-0.25, -0.2) is 0 Å². The number of carbonyl (C=O) groups is 1. The van der Waals surface area contributed by atoms with Crippen molar-refractivity contribution in [3.05, 3.63) is 35.0 Å². The molecule has 0 radical (unpaired) electrons. The number of aromatic nitrogens is 1. The number of aromatic amines is 1. The number of H-pyrrole nitrogens is 1. The van der Waals surface area contributed by atoms with Gasteiger partial charge in [0.2, 0.25) is 5.91 Å². The van der Waals surface area contributed by atoms with E-state index in [1.54, 1.807) is 7.11 Å². The Morgan fingerprint density at radius 2 is 2.32 bits per heavy atom. The van der Waals surface area contributed by atoms with E-state index in [0.717, 1.165) is 27.9 Å². The maximum Gasteiger partial charge on any atom is 0.222 e. The van der Waals surface area contributed by atoms with Gasteiger partial charge in [-0.05, 0) is 30.2 Å². The Morgan fingerprint density at radius 3 is 3.11 bits per heavy atom. The largest absolute Gasteiger partial charge is 0.384 e. The molecule has 2 aromatic rings. The quantitative estimate of drug-likeness (QED) is 0.854. The summed E-state index contributed by atoms with van der Waals surface area (Å²) >= 11 is 5.99. The van der Waals surface area contributed by atoms with Crippen LogP contribution in [0, 0.1) is 0 Å². The van der Waals surface area contributed by atoms with Gasteiger partial charge in [0.15, 0.2) is 0 Å². The van der Waals surface area contributed by atoms with Crippen LogP contribution in [0.5, 0.6) is 0 Å². The second-order valence-electron chi connectivity index (χ2n) is 4.35. The molecule has 0 saturated carbocycles. The molecule has 0 spiro atoms. The summed E-state index contributed by atoms with van der Waals surface area (Å²) in [6, 6.07) is 5.75. The minimum absolute atomic E-state index is 0.0136. The van der Waals surface area contributed by atoms with Crippen LogP contribution in [0.2, 0.25) is 5.02 Å². The lowest BCUT2D eigenvalue weighted by Crippen LogP contribution is -2.26. The molecule has 4 nitrogen and oxygen atoms in total. The lowest BCUT2D eigenvalue weighted by molar-refractivity contribution is -0.121. The molecule has 0 aliphatic rings. The van der Waals surface area contributed by atoms with Crippen LogP contribution in [0.3, 0.4) is 0 Å². The number of methoxy groups -OCH3 is 1. The van der Waals surface area contributed by atoms with Gasteiger partial charge in [-0.2, -0.15) is 0 Å². The van der Waals surface area contributed by atoms with Crippen molar-refractivity contribution in [2.75, 3.05) is 20.3 Å². The van der Waals surface area contributed by atoms with E-state index in [1.807, 2.05) is 24.4 Å². The van der Waals surface area contributed by atoms with Gasteiger partial charge in [0.1, 0.15) is 0 Å². The monoisotopic (exact) mass is 280 g/mol. The number of hydrogen-bond donors (Lipinski definition) is 2. The number of ether oxygens (including phenoxy) is 1. The van der Waals surface area contributed by atoms with Crippen molar-refractivity contribution >= 4 is 28.4 Å². The fraction of sp³-hybridized carbons (Fsp3) is 0.357. The molecule has 19 heavy (non-hydrogen) atoms. The number of hydrogen-bond acceptors (Lipinski definition) is 2. The van der Waals surface area contributed by atoms with Crippen LogP contribution >= 0.6 is 11.6 Å². The summed E-state index contributed by atoms with van der Waals surface area (Å²) in [7, 11) is 1.59. The molecule has 0 unspecified atom stereocenters. The molecule has 5 heteroatoms. The topological polar surface area (TPSA) is 54.1 Å². The van der Waals surface area contributed by atoms with E-state index in [4.69, 9.17) is 16.3 Å². The summed E-state index contributed by atoms with van der Waals surface area (Å²) in [5, 5.41) is 4.70. The molecule has 0 fully saturated rings. The van der Waals surface area contributed by atoms with Gasteiger partial charge in [0, 0.05) is 42.2 Å². The molecular formula is C14H17ClN2O2. The Bertz CT molecular complexity index is 566. The first kappa shape index (κ1) is 13.9. The molecule has 1 heterocycles. The zero-order valence-electron chi connectivity index (χ0n) is 10.8. The predicted molar refractivity (Wildman–Crippen MR) is 76.5 cm³/mol. The molecule has 2 rings (SSSR count). The fourth-order valence-electron chi connectivity index (χ4n) is 1.98. The van der Waals surface area contributed by atoms with Crippen LogP contribution < -0.4 is 5.32 Å². The van der Waals surface area contributed by atoms with Gasteiger partial charge in [0.25, 0.3) is 0 Å². The summed E-state index contributed by atoms with van der Waals surface area (Å²) in [5.41, 5.74) is 2.22. The molecular weight excluding hydrogens is 264 g/mol. The van der Waals surface area contributed by atoms with Gasteiger partial charge >= 0.3 is 0 Å². The smallest absolute Gasteiger partial charge is 0.222 e. The number of benzene rings is 1. The molecule has 1 amide bonds. The first-order valence-corrected chi connectivity index (χ1v) is 6.59. The lowest BCUT2D eigenvalue weighted by atomic mass is 10.1. The highest BCUT2D eigenvalue weighted by Gasteiger charge is 2.05. The third kappa shape index (κ3) is 3.72. The van der Waals surface area contributed by atoms with Crippen molar-refractivity contribution in [2.24, 2.45) is 0 Å². The molecule has 1 aromatic carbocycles. The SMILES string of the molecule is COCCC(=O)NCCc1c[nH]c2ccc(Cl)cc12. The zero-order chi connectivity index (χ0) is 13.7. The fourth-order valence-corrected chi connectivity index (χ4v) is 2.15. The maximum absolute atomic E-state index is 11.4. The van der Waals surface area contributed by atoms with Crippen LogP contribution in [0.1, 0.15) is 12.0 Å². The van der Waals surface area contributed by atoms with Crippen molar-refractivity contribution in [1.29, 1.82) is 0 Å². The van der Waals surface area contributed by atoms with E-state index >= 15 is 0 Å². The Morgan fingerprint density at radius 1 is 1.47 bits per heavy atom. The van der Waals surface area contributed by atoms with Crippen molar-refractivity contribution in [3.8, 4) is 0 Å². The summed E-state index contributed by atoms with van der Waals surface area (Å²) in [4.78, 5) is 14.6. The van der Waals surface area contributed by atoms with Crippen LogP contribution in [0.15, 0.2) is 24.4 Å². The summed E-state index contributed by atoms with van der Waals surface area (Å²) < 4.78 is 4.86. The van der Waals surface area contributed by atoms with E-state index in [1.165, 1.54) is 0 Å². The molecule has 102 valence electrons. The lowest BCUT2D eigenvalue weighted by Gasteiger charge is -2.04. The third-order valence-electron chi connectivity index (χ3n) is 2.98. The van der Waals surface area contributed by atoms with Gasteiger partial charge in [-0.15, -0.1) is 0 Å². The molecule has 0 atom stereocenters. The Kier molecular flexibility index (Phi) is 4.82. The number of halogens is 1. The highest BCUT2D eigenvalue weighted by Crippen LogP contribution is 2.22. The number of rotatable bonds is 6. The van der Waals surface area contributed by atoms with E-state index in [2.05, 4.69) is 10.3 Å². The first-order valence-electron chi connectivity index (χ1n) is 6.22. The average Bonchev–Trinajstić information content (AvgIpc) is 2.79. The molecule has 0 aliphatic carbocycles. The predicted octanol–water partition coefficient (Wildman–Crippen LogP) is 2.52. The molecule has 0 aliphatic heterocycles. The Hall–Kier alpha value is -1.52. The van der Waals surface area contributed by atoms with Gasteiger partial charge in [0.05, 0.1) is 6.61 Å². The van der Waals surface area contributed by atoms with E-state index < -0.39 is 0 Å². The molecule has 2 N–H and O–H groups in total. The number of fused-ring (bicyclic) bond motifs is 1. The van der Waals surface area contributed by atoms with Crippen molar-refractivity contribution in [3.63, 3.8) is 0 Å². The second-order valence-corrected chi connectivity index (χ2v) is 4.78. The van der Waals surface area contributed by atoms with Gasteiger partial charge in [-0.3, -0.25) is 4.79 Å². The standard InChI is InChI=1S/C14H17ClN2O2/c1-19-7-5-14(18)16-6-4-10-9-17-13-3-2-11(15)8-12(10)13/h2-3,8-9,17H,4-7H2,1H3,(H,16,18). The summed E-state index contributed by atoms with van der Waals surface area (Å²) in [6.07, 6.45) is 3.14. The number of amides is 1. The Balaban J connectivity index is 1.91. The van der Waals surface area contributed by atoms with Crippen molar-refractivity contribution in [2.45, 2.75) is 12.8 Å². The van der Waals surface area contributed by atoms with Crippen molar-refractivity contribution < 1.29 is 9.53 Å². The van der Waals surface area contributed by atoms with Crippen LogP contribution in [0.25, 0.3) is 10.9 Å². The Labute approximate surface area is 117 Å². The average molecular weight is 281 g/mol. The molecule has 0 saturated heterocycles. The summed E-state index contributed by atoms with van der Waals surface area (Å²) in [5.74, 6) is 0.0136. The van der Waals surface area contributed by atoms with Crippen LogP contribution in [0.4, 0.5) is 0 Å². The zero-order valence-corrected chi connectivity index (χ0v) is 11.6. The minimum Gasteiger partial charge on any atom is -0.384 e. The second kappa shape index (κ2) is 6.59. The van der Waals surface area contributed by atoms with E-state index in [0.29, 0.717) is 19.6 Å².